The van der Waals surface area contributed by atoms with Crippen LogP contribution in [-0.4, -0.2) is 29.2 Å². The van der Waals surface area contributed by atoms with Gasteiger partial charge in [0.25, 0.3) is 0 Å². The predicted octanol–water partition coefficient (Wildman–Crippen LogP) is 4.99. The van der Waals surface area contributed by atoms with Crippen molar-refractivity contribution in [2.45, 2.75) is 17.7 Å². The minimum atomic E-state index is -0.168. The maximum absolute atomic E-state index is 12.4. The summed E-state index contributed by atoms with van der Waals surface area (Å²) in [4.78, 5) is 29.2. The lowest BCUT2D eigenvalue weighted by Gasteiger charge is -2.08. The highest BCUT2D eigenvalue weighted by molar-refractivity contribution is 8.01. The number of Topliss-reactive ketones (excluding diaryl/α,β-unsaturated/α-hetero) is 1. The molecule has 1 aromatic heterocycles. The highest BCUT2D eigenvalue weighted by Gasteiger charge is 2.17. The molecule has 30 heavy (non-hydrogen) atoms. The number of nitrogens with zero attached hydrogens (tertiary/aromatic N) is 1. The Balaban J connectivity index is 1.31. The van der Waals surface area contributed by atoms with Crippen LogP contribution in [0.3, 0.4) is 0 Å². The molecule has 2 heterocycles. The molecule has 4 rings (SSSR count). The summed E-state index contributed by atoms with van der Waals surface area (Å²) in [6.07, 6.45) is 0.152. The Labute approximate surface area is 186 Å². The fourth-order valence-electron chi connectivity index (χ4n) is 2.80. The topological polar surface area (TPSA) is 77.5 Å². The second kappa shape index (κ2) is 9.07. The molecule has 154 valence electrons. The molecule has 1 amide bonds. The molecule has 0 spiro atoms. The third-order valence-electron chi connectivity index (χ3n) is 4.37. The number of carbonyl (C=O) groups is 2. The molecule has 0 unspecified atom stereocenters. The van der Waals surface area contributed by atoms with Crippen LogP contribution in [0.5, 0.6) is 11.5 Å². The normalized spacial score (nSPS) is 12.1. The van der Waals surface area contributed by atoms with E-state index in [0.717, 1.165) is 9.90 Å². The van der Waals surface area contributed by atoms with Crippen molar-refractivity contribution in [1.82, 2.24) is 4.98 Å². The third-order valence-corrected chi connectivity index (χ3v) is 6.67. The number of hydrogen-bond donors (Lipinski definition) is 1. The molecule has 0 fully saturated rings. The number of amides is 1. The van der Waals surface area contributed by atoms with Crippen molar-refractivity contribution in [1.29, 1.82) is 0 Å². The zero-order valence-corrected chi connectivity index (χ0v) is 18.3. The van der Waals surface area contributed by atoms with Crippen LogP contribution < -0.4 is 14.8 Å². The van der Waals surface area contributed by atoms with Gasteiger partial charge in [-0.25, -0.2) is 4.98 Å². The van der Waals surface area contributed by atoms with Gasteiger partial charge in [-0.3, -0.25) is 9.59 Å². The first-order valence-electron chi connectivity index (χ1n) is 9.04. The monoisotopic (exact) mass is 460 g/mol. The molecule has 9 heteroatoms. The largest absolute Gasteiger partial charge is 0.454 e. The molecule has 1 aliphatic heterocycles. The summed E-state index contributed by atoms with van der Waals surface area (Å²) >= 11 is 8.75. The number of nitrogens with one attached hydrogen (secondary N) is 1. The summed E-state index contributed by atoms with van der Waals surface area (Å²) in [6.45, 7) is 2.08. The van der Waals surface area contributed by atoms with Crippen LogP contribution in [-0.2, 0) is 11.2 Å². The molecule has 1 N–H and O–H groups in total. The van der Waals surface area contributed by atoms with Gasteiger partial charge in [-0.15, -0.1) is 11.3 Å². The van der Waals surface area contributed by atoms with Gasteiger partial charge < -0.3 is 14.8 Å². The molecule has 0 bridgehead atoms. The van der Waals surface area contributed by atoms with Crippen molar-refractivity contribution in [2.75, 3.05) is 17.9 Å². The average molecular weight is 461 g/mol. The predicted molar refractivity (Wildman–Crippen MR) is 118 cm³/mol. The minimum absolute atomic E-state index is 0.0239. The van der Waals surface area contributed by atoms with Crippen LogP contribution in [0.25, 0.3) is 0 Å². The van der Waals surface area contributed by atoms with Crippen LogP contribution in [0.1, 0.15) is 21.6 Å². The maximum Gasteiger partial charge on any atom is 0.231 e. The number of thiazole rings is 1. The smallest absolute Gasteiger partial charge is 0.231 e. The number of ether oxygens (including phenoxy) is 2. The fourth-order valence-corrected chi connectivity index (χ4v) is 4.72. The first-order chi connectivity index (χ1) is 14.5. The Hall–Kier alpha value is -2.55. The number of aryl methyl sites for hydroxylation is 1. The van der Waals surface area contributed by atoms with Gasteiger partial charge in [0, 0.05) is 21.7 Å². The van der Waals surface area contributed by atoms with Crippen molar-refractivity contribution >= 4 is 52.1 Å². The van der Waals surface area contributed by atoms with Gasteiger partial charge in [-0.2, -0.15) is 0 Å². The van der Waals surface area contributed by atoms with Gasteiger partial charge in [-0.1, -0.05) is 29.4 Å². The minimum Gasteiger partial charge on any atom is -0.454 e. The Morgan fingerprint density at radius 1 is 1.20 bits per heavy atom. The number of rotatable bonds is 7. The number of halogens is 1. The number of aromatic nitrogens is 1. The van der Waals surface area contributed by atoms with E-state index in [9.17, 15) is 9.59 Å². The van der Waals surface area contributed by atoms with E-state index in [2.05, 4.69) is 10.3 Å². The summed E-state index contributed by atoms with van der Waals surface area (Å²) in [5.41, 5.74) is 2.85. The quantitative estimate of drug-likeness (QED) is 0.395. The second-order valence-corrected chi connectivity index (χ2v) is 9.09. The number of ketones is 1. The number of carbonyl (C=O) groups excluding carboxylic acids is 2. The van der Waals surface area contributed by atoms with Crippen LogP contribution in [0.15, 0.2) is 46.1 Å². The number of anilines is 1. The molecular weight excluding hydrogens is 444 g/mol. The summed E-state index contributed by atoms with van der Waals surface area (Å²) in [5.74, 6) is 1.29. The average Bonchev–Trinajstić information content (AvgIpc) is 3.37. The molecule has 1 aliphatic rings. The van der Waals surface area contributed by atoms with Crippen molar-refractivity contribution < 1.29 is 19.1 Å². The zero-order valence-electron chi connectivity index (χ0n) is 15.9. The first kappa shape index (κ1) is 20.7. The van der Waals surface area contributed by atoms with Crippen molar-refractivity contribution in [3.05, 3.63) is 63.6 Å². The molecule has 0 atom stereocenters. The molecule has 0 radical (unpaired) electrons. The van der Waals surface area contributed by atoms with Crippen molar-refractivity contribution in [3.8, 4) is 11.5 Å². The summed E-state index contributed by atoms with van der Waals surface area (Å²) in [5, 5.41) is 5.26. The van der Waals surface area contributed by atoms with Gasteiger partial charge in [-0.05, 0) is 42.8 Å². The Morgan fingerprint density at radius 2 is 2.03 bits per heavy atom. The Kier molecular flexibility index (Phi) is 6.26. The zero-order chi connectivity index (χ0) is 21.1. The van der Waals surface area contributed by atoms with Crippen molar-refractivity contribution in [2.24, 2.45) is 0 Å². The molecular formula is C21H17ClN2O4S2. The van der Waals surface area contributed by atoms with Gasteiger partial charge >= 0.3 is 0 Å². The van der Waals surface area contributed by atoms with E-state index in [-0.39, 0.29) is 30.7 Å². The van der Waals surface area contributed by atoms with E-state index in [1.54, 1.807) is 30.3 Å². The molecule has 0 aliphatic carbocycles. The standard InChI is InChI=1S/C21H17ClN2O4S2/c1-12-2-4-14(22)7-16(12)24-20(26)8-15-9-29-21(23-15)30-10-17(25)13-3-5-18-19(6-13)28-11-27-18/h2-7,9H,8,10-11H2,1H3,(H,24,26). The molecule has 6 nitrogen and oxygen atoms in total. The second-order valence-electron chi connectivity index (χ2n) is 6.57. The lowest BCUT2D eigenvalue weighted by molar-refractivity contribution is -0.115. The van der Waals surface area contributed by atoms with Crippen molar-refractivity contribution in [3.63, 3.8) is 0 Å². The fraction of sp³-hybridized carbons (Fsp3) is 0.190. The van der Waals surface area contributed by atoms with Crippen LogP contribution in [0.4, 0.5) is 5.69 Å². The van der Waals surface area contributed by atoms with Gasteiger partial charge in [0.2, 0.25) is 12.7 Å². The first-order valence-corrected chi connectivity index (χ1v) is 11.3. The SMILES string of the molecule is Cc1ccc(Cl)cc1NC(=O)Cc1csc(SCC(=O)c2ccc3c(c2)OCO3)n1. The highest BCUT2D eigenvalue weighted by atomic mass is 35.5. The number of benzene rings is 2. The lowest BCUT2D eigenvalue weighted by Crippen LogP contribution is -2.15. The van der Waals surface area contributed by atoms with E-state index in [1.807, 2.05) is 18.4 Å². The van der Waals surface area contributed by atoms with E-state index >= 15 is 0 Å². The Bertz CT molecular complexity index is 1120. The number of thioether (sulfide) groups is 1. The van der Waals surface area contributed by atoms with E-state index < -0.39 is 0 Å². The molecule has 2 aromatic carbocycles. The van der Waals surface area contributed by atoms with Gasteiger partial charge in [0.1, 0.15) is 0 Å². The maximum atomic E-state index is 12.4. The molecule has 0 saturated carbocycles. The van der Waals surface area contributed by atoms with E-state index in [1.165, 1.54) is 23.1 Å². The summed E-state index contributed by atoms with van der Waals surface area (Å²) in [7, 11) is 0. The highest BCUT2D eigenvalue weighted by Crippen LogP contribution is 2.33. The van der Waals surface area contributed by atoms with Crippen LogP contribution in [0.2, 0.25) is 5.02 Å². The van der Waals surface area contributed by atoms with Gasteiger partial charge in [0.15, 0.2) is 21.6 Å². The van der Waals surface area contributed by atoms with E-state index in [0.29, 0.717) is 33.5 Å². The molecule has 3 aromatic rings. The summed E-state index contributed by atoms with van der Waals surface area (Å²) < 4.78 is 11.3. The van der Waals surface area contributed by atoms with E-state index in [4.69, 9.17) is 21.1 Å². The number of fused-ring (bicyclic) bond motifs is 1. The third kappa shape index (κ3) is 4.95. The Morgan fingerprint density at radius 3 is 2.90 bits per heavy atom. The lowest BCUT2D eigenvalue weighted by atomic mass is 10.1. The molecule has 0 saturated heterocycles. The summed E-state index contributed by atoms with van der Waals surface area (Å²) in [6, 6.07) is 10.5. The number of hydrogen-bond acceptors (Lipinski definition) is 7. The van der Waals surface area contributed by atoms with Crippen LogP contribution >= 0.6 is 34.7 Å². The van der Waals surface area contributed by atoms with Gasteiger partial charge in [0.05, 0.1) is 17.9 Å². The van der Waals surface area contributed by atoms with Crippen LogP contribution in [0, 0.1) is 6.92 Å².